The van der Waals surface area contributed by atoms with Gasteiger partial charge in [0.05, 0.1) is 24.8 Å². The summed E-state index contributed by atoms with van der Waals surface area (Å²) in [5.74, 6) is -0.291. The number of hydrogen-bond acceptors (Lipinski definition) is 4. The summed E-state index contributed by atoms with van der Waals surface area (Å²) < 4.78 is 9.50. The Morgan fingerprint density at radius 2 is 2.13 bits per heavy atom. The van der Waals surface area contributed by atoms with Gasteiger partial charge in [-0.2, -0.15) is 5.26 Å². The smallest absolute Gasteiger partial charge is 0.341 e. The molecule has 0 radical (unpaired) electrons. The van der Waals surface area contributed by atoms with Gasteiger partial charge in [0.1, 0.15) is 17.4 Å². The average Bonchev–Trinajstić information content (AvgIpc) is 2.27. The number of carbonyl (C=O) groups is 1. The van der Waals surface area contributed by atoms with Gasteiger partial charge in [-0.05, 0) is 6.07 Å². The Labute approximate surface area is 92.0 Å². The van der Waals surface area contributed by atoms with E-state index in [0.717, 1.165) is 0 Å². The molecule has 0 N–H and O–H groups in total. The van der Waals surface area contributed by atoms with Gasteiger partial charge in [-0.1, -0.05) is 11.6 Å². The van der Waals surface area contributed by atoms with Gasteiger partial charge in [0, 0.05) is 6.07 Å². The van der Waals surface area contributed by atoms with Crippen LogP contribution in [0.4, 0.5) is 0 Å². The van der Waals surface area contributed by atoms with Crippen molar-refractivity contribution in [2.24, 2.45) is 0 Å². The molecule has 15 heavy (non-hydrogen) atoms. The predicted octanol–water partition coefficient (Wildman–Crippen LogP) is 2.01. The highest BCUT2D eigenvalue weighted by atomic mass is 35.5. The molecule has 0 saturated heterocycles. The van der Waals surface area contributed by atoms with E-state index in [1.54, 1.807) is 0 Å². The molecule has 1 aromatic rings. The number of carbonyl (C=O) groups excluding carboxylic acids is 1. The highest BCUT2D eigenvalue weighted by molar-refractivity contribution is 6.32. The van der Waals surface area contributed by atoms with Gasteiger partial charge in [-0.3, -0.25) is 0 Å². The molecule has 5 heteroatoms. The van der Waals surface area contributed by atoms with Crippen LogP contribution in [0.3, 0.4) is 0 Å². The van der Waals surface area contributed by atoms with E-state index >= 15 is 0 Å². The van der Waals surface area contributed by atoms with Crippen molar-refractivity contribution < 1.29 is 14.3 Å². The Kier molecular flexibility index (Phi) is 3.53. The highest BCUT2D eigenvalue weighted by Crippen LogP contribution is 2.27. The Hall–Kier alpha value is -1.73. The number of nitrogens with zero attached hydrogens (tertiary/aromatic N) is 1. The number of ether oxygens (including phenoxy) is 2. The summed E-state index contributed by atoms with van der Waals surface area (Å²) in [6, 6.07) is 4.64. The lowest BCUT2D eigenvalue weighted by atomic mass is 10.1. The zero-order chi connectivity index (χ0) is 11.4. The summed E-state index contributed by atoms with van der Waals surface area (Å²) in [4.78, 5) is 11.3. The second kappa shape index (κ2) is 4.67. The summed E-state index contributed by atoms with van der Waals surface area (Å²) in [7, 11) is 2.66. The molecule has 0 aromatic heterocycles. The number of methoxy groups -OCH3 is 2. The van der Waals surface area contributed by atoms with Gasteiger partial charge in [0.25, 0.3) is 0 Å². The van der Waals surface area contributed by atoms with Crippen LogP contribution in [-0.2, 0) is 4.74 Å². The Balaban J connectivity index is 3.35. The van der Waals surface area contributed by atoms with Crippen molar-refractivity contribution in [3.05, 3.63) is 28.3 Å². The number of hydrogen-bond donors (Lipinski definition) is 0. The van der Waals surface area contributed by atoms with Crippen LogP contribution < -0.4 is 4.74 Å². The lowest BCUT2D eigenvalue weighted by Gasteiger charge is -2.07. The van der Waals surface area contributed by atoms with E-state index in [1.165, 1.54) is 26.4 Å². The number of benzene rings is 1. The summed E-state index contributed by atoms with van der Waals surface area (Å²) in [6.07, 6.45) is 0. The van der Waals surface area contributed by atoms with Crippen molar-refractivity contribution in [1.82, 2.24) is 0 Å². The second-order valence-corrected chi connectivity index (χ2v) is 3.04. The third-order valence-electron chi connectivity index (χ3n) is 1.81. The molecule has 0 unspecified atom stereocenters. The lowest BCUT2D eigenvalue weighted by molar-refractivity contribution is 0.0597. The predicted molar refractivity (Wildman–Crippen MR) is 54.1 cm³/mol. The van der Waals surface area contributed by atoms with Gasteiger partial charge >= 0.3 is 5.97 Å². The molecule has 0 aliphatic heterocycles. The van der Waals surface area contributed by atoms with Crippen LogP contribution in [-0.4, -0.2) is 20.2 Å². The zero-order valence-electron chi connectivity index (χ0n) is 8.20. The van der Waals surface area contributed by atoms with Crippen molar-refractivity contribution in [3.63, 3.8) is 0 Å². The molecule has 0 heterocycles. The first-order valence-electron chi connectivity index (χ1n) is 4.00. The largest absolute Gasteiger partial charge is 0.496 e. The summed E-state index contributed by atoms with van der Waals surface area (Å²) in [5, 5.41) is 8.91. The first kappa shape index (κ1) is 11.3. The van der Waals surface area contributed by atoms with Crippen molar-refractivity contribution in [2.75, 3.05) is 14.2 Å². The second-order valence-electron chi connectivity index (χ2n) is 2.64. The van der Waals surface area contributed by atoms with Crippen molar-refractivity contribution in [3.8, 4) is 11.8 Å². The summed E-state index contributed by atoms with van der Waals surface area (Å²) in [5.41, 5.74) is 0.449. The van der Waals surface area contributed by atoms with Gasteiger partial charge in [0.15, 0.2) is 0 Å². The minimum atomic E-state index is -0.557. The highest BCUT2D eigenvalue weighted by Gasteiger charge is 2.15. The number of esters is 1. The maximum absolute atomic E-state index is 11.3. The van der Waals surface area contributed by atoms with Crippen molar-refractivity contribution in [2.45, 2.75) is 0 Å². The number of halogens is 1. The SMILES string of the molecule is COC(=O)c1cc(Cl)c(C#N)cc1OC. The van der Waals surface area contributed by atoms with Gasteiger partial charge in [0.2, 0.25) is 0 Å². The quantitative estimate of drug-likeness (QED) is 0.723. The Bertz CT molecular complexity index is 437. The molecule has 78 valence electrons. The maximum atomic E-state index is 11.3. The number of nitriles is 1. The van der Waals surface area contributed by atoms with Crippen LogP contribution in [0.15, 0.2) is 12.1 Å². The number of rotatable bonds is 2. The fourth-order valence-corrected chi connectivity index (χ4v) is 1.28. The van der Waals surface area contributed by atoms with Gasteiger partial charge in [-0.25, -0.2) is 4.79 Å². The molecule has 1 aromatic carbocycles. The van der Waals surface area contributed by atoms with Crippen LogP contribution in [0, 0.1) is 11.3 Å². The van der Waals surface area contributed by atoms with Crippen LogP contribution >= 0.6 is 11.6 Å². The molecule has 0 atom stereocenters. The molecule has 0 amide bonds. The fourth-order valence-electron chi connectivity index (χ4n) is 1.08. The minimum absolute atomic E-state index is 0.193. The van der Waals surface area contributed by atoms with Gasteiger partial charge < -0.3 is 9.47 Å². The average molecular weight is 226 g/mol. The van der Waals surface area contributed by atoms with Crippen LogP contribution in [0.25, 0.3) is 0 Å². The zero-order valence-corrected chi connectivity index (χ0v) is 8.96. The molecule has 1 rings (SSSR count). The fraction of sp³-hybridized carbons (Fsp3) is 0.200. The molecule has 0 saturated carbocycles. The van der Waals surface area contributed by atoms with E-state index in [2.05, 4.69) is 4.74 Å². The normalized spacial score (nSPS) is 9.20. The van der Waals surface area contributed by atoms with Gasteiger partial charge in [-0.15, -0.1) is 0 Å². The Morgan fingerprint density at radius 3 is 2.60 bits per heavy atom. The first-order chi connectivity index (χ1) is 7.13. The molecular formula is C10H8ClNO3. The molecule has 4 nitrogen and oxygen atoms in total. The van der Waals surface area contributed by atoms with E-state index in [0.29, 0.717) is 0 Å². The third kappa shape index (κ3) is 2.20. The Morgan fingerprint density at radius 1 is 1.47 bits per heavy atom. The van der Waals surface area contributed by atoms with Crippen molar-refractivity contribution in [1.29, 1.82) is 5.26 Å². The minimum Gasteiger partial charge on any atom is -0.496 e. The molecular weight excluding hydrogens is 218 g/mol. The monoisotopic (exact) mass is 225 g/mol. The van der Waals surface area contributed by atoms with Crippen LogP contribution in [0.5, 0.6) is 5.75 Å². The first-order valence-corrected chi connectivity index (χ1v) is 4.37. The molecule has 0 spiro atoms. The third-order valence-corrected chi connectivity index (χ3v) is 2.13. The van der Waals surface area contributed by atoms with E-state index in [9.17, 15) is 4.79 Å². The van der Waals surface area contributed by atoms with Crippen LogP contribution in [0.2, 0.25) is 5.02 Å². The van der Waals surface area contributed by atoms with E-state index < -0.39 is 5.97 Å². The van der Waals surface area contributed by atoms with Crippen molar-refractivity contribution >= 4 is 17.6 Å². The summed E-state index contributed by atoms with van der Waals surface area (Å²) in [6.45, 7) is 0. The van der Waals surface area contributed by atoms with E-state index in [1.807, 2.05) is 6.07 Å². The summed E-state index contributed by atoms with van der Waals surface area (Å²) >= 11 is 5.77. The molecule has 0 aliphatic rings. The maximum Gasteiger partial charge on any atom is 0.341 e. The van der Waals surface area contributed by atoms with Crippen LogP contribution in [0.1, 0.15) is 15.9 Å². The van der Waals surface area contributed by atoms with E-state index in [4.69, 9.17) is 21.6 Å². The topological polar surface area (TPSA) is 59.3 Å². The lowest BCUT2D eigenvalue weighted by Crippen LogP contribution is -2.04. The standard InChI is InChI=1S/C10H8ClNO3/c1-14-9-3-6(5-12)8(11)4-7(9)10(13)15-2/h3-4H,1-2H3. The molecule has 0 aliphatic carbocycles. The molecule has 0 fully saturated rings. The van der Waals surface area contributed by atoms with E-state index in [-0.39, 0.29) is 21.9 Å². The molecule has 0 bridgehead atoms.